The normalized spacial score (nSPS) is 17.2. The maximum absolute atomic E-state index is 13.4. The van der Waals surface area contributed by atoms with Gasteiger partial charge in [-0.15, -0.1) is 11.8 Å². The number of piperazine rings is 1. The Morgan fingerprint density at radius 1 is 1.22 bits per heavy atom. The molecule has 1 amide bonds. The maximum Gasteiger partial charge on any atom is 0.387 e. The second-order valence-electron chi connectivity index (χ2n) is 11.1. The van der Waals surface area contributed by atoms with Crippen molar-refractivity contribution in [2.45, 2.75) is 37.1 Å². The zero-order valence-corrected chi connectivity index (χ0v) is 25.7. The number of carbonyl (C=O) groups excluding carboxylic acids is 1. The first-order valence-corrected chi connectivity index (χ1v) is 16.1. The molecule has 2 saturated heterocycles. The summed E-state index contributed by atoms with van der Waals surface area (Å²) in [6.45, 7) is 2.37. The molecule has 2 aliphatic heterocycles. The zero-order chi connectivity index (χ0) is 31.3. The van der Waals surface area contributed by atoms with Crippen LogP contribution in [0.1, 0.15) is 24.6 Å². The molecule has 5 heterocycles. The van der Waals surface area contributed by atoms with Crippen molar-refractivity contribution >= 4 is 29.0 Å². The number of thioether (sulfide) groups is 1. The van der Waals surface area contributed by atoms with Crippen LogP contribution in [0.4, 0.5) is 14.5 Å². The minimum Gasteiger partial charge on any atom is -0.434 e. The van der Waals surface area contributed by atoms with Crippen molar-refractivity contribution in [3.05, 3.63) is 54.6 Å². The van der Waals surface area contributed by atoms with Crippen molar-refractivity contribution in [3.63, 3.8) is 0 Å². The number of fused-ring (bicyclic) bond motifs is 1. The van der Waals surface area contributed by atoms with E-state index < -0.39 is 12.8 Å². The van der Waals surface area contributed by atoms with Crippen LogP contribution in [0.25, 0.3) is 16.9 Å². The van der Waals surface area contributed by atoms with Gasteiger partial charge in [0.1, 0.15) is 18.0 Å². The van der Waals surface area contributed by atoms with E-state index in [1.807, 2.05) is 11.2 Å². The van der Waals surface area contributed by atoms with Gasteiger partial charge in [-0.3, -0.25) is 14.4 Å². The lowest BCUT2D eigenvalue weighted by Gasteiger charge is -2.37. The average molecular weight is 643 g/mol. The van der Waals surface area contributed by atoms with E-state index in [-0.39, 0.29) is 23.9 Å². The summed E-state index contributed by atoms with van der Waals surface area (Å²) >= 11 is 1.43. The zero-order valence-electron chi connectivity index (χ0n) is 24.9. The number of nitrogens with one attached hydrogen (secondary N) is 1. The number of hydrogen-bond donors (Lipinski definition) is 2. The molecule has 0 spiro atoms. The van der Waals surface area contributed by atoms with Crippen LogP contribution < -0.4 is 10.1 Å². The first-order chi connectivity index (χ1) is 21.9. The Labute approximate surface area is 263 Å². The van der Waals surface area contributed by atoms with E-state index in [0.717, 1.165) is 50.6 Å². The number of hydrogen-bond acceptors (Lipinski definition) is 10. The molecule has 1 unspecified atom stereocenters. The van der Waals surface area contributed by atoms with E-state index in [1.54, 1.807) is 36.8 Å². The summed E-state index contributed by atoms with van der Waals surface area (Å²) in [7, 11) is 0. The Balaban J connectivity index is 1.23. The van der Waals surface area contributed by atoms with Crippen LogP contribution in [0.5, 0.6) is 5.75 Å². The number of anilines is 1. The highest BCUT2D eigenvalue weighted by molar-refractivity contribution is 7.98. The van der Waals surface area contributed by atoms with Gasteiger partial charge in [0.25, 0.3) is 0 Å². The Hall–Kier alpha value is -3.79. The van der Waals surface area contributed by atoms with Crippen LogP contribution in [0.15, 0.2) is 53.9 Å². The third kappa shape index (κ3) is 7.38. The molecule has 1 aromatic carbocycles. The van der Waals surface area contributed by atoms with Crippen molar-refractivity contribution in [2.75, 3.05) is 57.5 Å². The number of aromatic nitrogens is 5. The molecule has 240 valence electrons. The van der Waals surface area contributed by atoms with Crippen LogP contribution in [0, 0.1) is 5.92 Å². The molecular formula is C30H36F2N8O4S. The van der Waals surface area contributed by atoms with Gasteiger partial charge in [-0.05, 0) is 49.3 Å². The van der Waals surface area contributed by atoms with Crippen LogP contribution in [-0.4, -0.2) is 104 Å². The summed E-state index contributed by atoms with van der Waals surface area (Å²) in [5.41, 5.74) is 1.72. The highest BCUT2D eigenvalue weighted by atomic mass is 32.2. The first-order valence-electron chi connectivity index (χ1n) is 14.9. The molecule has 0 radical (unpaired) electrons. The smallest absolute Gasteiger partial charge is 0.387 e. The molecule has 6 rings (SSSR count). The monoisotopic (exact) mass is 642 g/mol. The molecule has 12 nitrogen and oxygen atoms in total. The van der Waals surface area contributed by atoms with Gasteiger partial charge in [-0.1, -0.05) is 0 Å². The first kappa shape index (κ1) is 31.2. The topological polar surface area (TPSA) is 122 Å². The Kier molecular flexibility index (Phi) is 9.78. The minimum absolute atomic E-state index is 0.0593. The molecule has 4 aromatic rings. The summed E-state index contributed by atoms with van der Waals surface area (Å²) in [6.07, 6.45) is 9.14. The molecular weight excluding hydrogens is 606 g/mol. The number of rotatable bonds is 11. The van der Waals surface area contributed by atoms with Gasteiger partial charge in [0.05, 0.1) is 17.4 Å². The van der Waals surface area contributed by atoms with Crippen LogP contribution in [0.3, 0.4) is 0 Å². The quantitative estimate of drug-likeness (QED) is 0.185. The summed E-state index contributed by atoms with van der Waals surface area (Å²) in [4.78, 5) is 22.7. The predicted molar refractivity (Wildman–Crippen MR) is 164 cm³/mol. The number of nitrogens with zero attached hydrogens (tertiary/aromatic N) is 7. The lowest BCUT2D eigenvalue weighted by Crippen LogP contribution is -2.50. The number of carbonyl (C=O) groups is 1. The molecule has 45 heavy (non-hydrogen) atoms. The van der Waals surface area contributed by atoms with E-state index in [1.165, 1.54) is 33.2 Å². The Morgan fingerprint density at radius 2 is 2.02 bits per heavy atom. The maximum atomic E-state index is 13.4. The van der Waals surface area contributed by atoms with Gasteiger partial charge < -0.3 is 24.8 Å². The van der Waals surface area contributed by atoms with Crippen molar-refractivity contribution < 1.29 is 28.2 Å². The number of ether oxygens (including phenoxy) is 2. The van der Waals surface area contributed by atoms with E-state index >= 15 is 0 Å². The third-order valence-electron chi connectivity index (χ3n) is 8.19. The second kappa shape index (κ2) is 14.1. The lowest BCUT2D eigenvalue weighted by molar-refractivity contribution is -0.133. The molecule has 2 fully saturated rings. The highest BCUT2D eigenvalue weighted by Gasteiger charge is 2.26. The largest absolute Gasteiger partial charge is 0.434 e. The van der Waals surface area contributed by atoms with Gasteiger partial charge in [-0.2, -0.15) is 19.0 Å². The van der Waals surface area contributed by atoms with Crippen molar-refractivity contribution in [1.82, 2.24) is 34.2 Å². The number of halogens is 2. The SMILES string of the molecule is CSc1ccc(OC(F)F)c(-c2nn(CC(=O)N3CCN(CC4CCOCC4)CC3)cc2NC(O)c2cnn3cccnc23)c1. The third-order valence-corrected chi connectivity index (χ3v) is 8.92. The number of alkyl halides is 2. The molecule has 2 aliphatic rings. The summed E-state index contributed by atoms with van der Waals surface area (Å²) < 4.78 is 40.1. The Bertz CT molecular complexity index is 1600. The summed E-state index contributed by atoms with van der Waals surface area (Å²) in [6, 6.07) is 6.56. The van der Waals surface area contributed by atoms with Gasteiger partial charge >= 0.3 is 6.61 Å². The molecule has 0 saturated carbocycles. The number of aliphatic hydroxyl groups excluding tert-OH is 1. The number of amides is 1. The van der Waals surface area contributed by atoms with Gasteiger partial charge in [0.2, 0.25) is 5.91 Å². The van der Waals surface area contributed by atoms with E-state index in [0.29, 0.717) is 41.5 Å². The van der Waals surface area contributed by atoms with Crippen LogP contribution in [-0.2, 0) is 16.1 Å². The molecule has 3 aromatic heterocycles. The molecule has 2 N–H and O–H groups in total. The van der Waals surface area contributed by atoms with E-state index in [2.05, 4.69) is 25.4 Å². The van der Waals surface area contributed by atoms with Crippen molar-refractivity contribution in [1.29, 1.82) is 0 Å². The van der Waals surface area contributed by atoms with Crippen LogP contribution in [0.2, 0.25) is 0 Å². The minimum atomic E-state index is -3.05. The molecule has 1 atom stereocenters. The second-order valence-corrected chi connectivity index (χ2v) is 12.0. The fourth-order valence-electron chi connectivity index (χ4n) is 5.80. The van der Waals surface area contributed by atoms with E-state index in [9.17, 15) is 18.7 Å². The van der Waals surface area contributed by atoms with Gasteiger partial charge in [-0.25, -0.2) is 9.50 Å². The standard InChI is InChI=1S/C30H36F2N8O4S/c1-45-21-3-4-25(44-30(31)32)22(15-21)27-24(35-29(42)23-16-34-40-8-2-7-33-28(23)40)18-39(36-27)19-26(41)38-11-9-37(10-12-38)17-20-5-13-43-14-6-20/h2-4,7-8,15-16,18,20,29-30,35,42H,5-6,9-14,17,19H2,1H3. The molecule has 0 bridgehead atoms. The number of benzene rings is 1. The van der Waals surface area contributed by atoms with E-state index in [4.69, 9.17) is 9.47 Å². The van der Waals surface area contributed by atoms with Crippen molar-refractivity contribution in [3.8, 4) is 17.0 Å². The van der Waals surface area contributed by atoms with Gasteiger partial charge in [0, 0.05) is 75.0 Å². The average Bonchev–Trinajstić information content (AvgIpc) is 3.66. The lowest BCUT2D eigenvalue weighted by atomic mass is 9.99. The summed E-state index contributed by atoms with van der Waals surface area (Å²) in [5.74, 6) is 0.454. The molecule has 0 aliphatic carbocycles. The highest BCUT2D eigenvalue weighted by Crippen LogP contribution is 2.38. The van der Waals surface area contributed by atoms with Crippen LogP contribution >= 0.6 is 11.8 Å². The fraction of sp³-hybridized carbons (Fsp3) is 0.467. The Morgan fingerprint density at radius 3 is 2.78 bits per heavy atom. The fourth-order valence-corrected chi connectivity index (χ4v) is 6.24. The predicted octanol–water partition coefficient (Wildman–Crippen LogP) is 3.59. The van der Waals surface area contributed by atoms with Crippen molar-refractivity contribution in [2.24, 2.45) is 5.92 Å². The van der Waals surface area contributed by atoms with Gasteiger partial charge in [0.15, 0.2) is 11.9 Å². The summed E-state index contributed by atoms with van der Waals surface area (Å²) in [5, 5.41) is 23.1. The number of aliphatic hydroxyl groups is 1. The molecule has 15 heteroatoms.